The zero-order chi connectivity index (χ0) is 21.4. The lowest BCUT2D eigenvalue weighted by atomic mass is 10.1. The number of aryl methyl sites for hydroxylation is 2. The van der Waals surface area contributed by atoms with Crippen LogP contribution in [0.25, 0.3) is 22.5 Å². The van der Waals surface area contributed by atoms with Crippen LogP contribution in [0.1, 0.15) is 23.2 Å². The molecule has 4 aromatic rings. The first-order valence-electron chi connectivity index (χ1n) is 9.09. The van der Waals surface area contributed by atoms with Crippen molar-refractivity contribution in [2.45, 2.75) is 26.8 Å². The molecule has 30 heavy (non-hydrogen) atoms. The minimum Gasteiger partial charge on any atom is -0.463 e. The van der Waals surface area contributed by atoms with Gasteiger partial charge in [0.05, 0.1) is 17.3 Å². The van der Waals surface area contributed by atoms with E-state index in [0.29, 0.717) is 22.7 Å². The molecule has 1 aromatic carbocycles. The minimum absolute atomic E-state index is 0.155. The van der Waals surface area contributed by atoms with Crippen LogP contribution in [0.2, 0.25) is 0 Å². The Morgan fingerprint density at radius 2 is 2.03 bits per heavy atom. The largest absolute Gasteiger partial charge is 0.463 e. The highest BCUT2D eigenvalue weighted by atomic mass is 19.3. The molecule has 4 rings (SSSR count). The highest BCUT2D eigenvalue weighted by Crippen LogP contribution is 2.33. The number of alkyl halides is 2. The summed E-state index contributed by atoms with van der Waals surface area (Å²) in [5, 5.41) is 7.12. The molecular formula is C21H17F3N4O2. The minimum atomic E-state index is -2.75. The molecule has 1 N–H and O–H groups in total. The Kier molecular flexibility index (Phi) is 5.03. The van der Waals surface area contributed by atoms with Gasteiger partial charge in [0.2, 0.25) is 5.91 Å². The Labute approximate surface area is 169 Å². The van der Waals surface area contributed by atoms with Crippen molar-refractivity contribution in [1.82, 2.24) is 14.8 Å². The number of hydrogen-bond acceptors (Lipinski definition) is 4. The summed E-state index contributed by atoms with van der Waals surface area (Å²) >= 11 is 0. The normalized spacial score (nSPS) is 11.4. The number of carbonyl (C=O) groups excluding carboxylic acids is 1. The summed E-state index contributed by atoms with van der Waals surface area (Å²) in [4.78, 5) is 17.0. The van der Waals surface area contributed by atoms with Gasteiger partial charge in [0.15, 0.2) is 11.4 Å². The number of aromatic nitrogens is 3. The number of carbonyl (C=O) groups is 1. The second-order valence-corrected chi connectivity index (χ2v) is 6.82. The van der Waals surface area contributed by atoms with Crippen LogP contribution in [0, 0.1) is 19.7 Å². The van der Waals surface area contributed by atoms with Crippen molar-refractivity contribution in [3.8, 4) is 11.5 Å². The van der Waals surface area contributed by atoms with Crippen LogP contribution in [0.15, 0.2) is 47.1 Å². The van der Waals surface area contributed by atoms with E-state index in [1.807, 2.05) is 0 Å². The van der Waals surface area contributed by atoms with Crippen LogP contribution in [-0.4, -0.2) is 20.7 Å². The first kappa shape index (κ1) is 19.7. The highest BCUT2D eigenvalue weighted by molar-refractivity contribution is 5.93. The molecule has 0 atom stereocenters. The third-order valence-electron chi connectivity index (χ3n) is 4.67. The summed E-state index contributed by atoms with van der Waals surface area (Å²) in [6, 6.07) is 8.51. The average molecular weight is 414 g/mol. The van der Waals surface area contributed by atoms with Gasteiger partial charge < -0.3 is 9.73 Å². The van der Waals surface area contributed by atoms with E-state index >= 15 is 0 Å². The lowest BCUT2D eigenvalue weighted by molar-refractivity contribution is -0.116. The molecule has 3 heterocycles. The highest BCUT2D eigenvalue weighted by Gasteiger charge is 2.22. The van der Waals surface area contributed by atoms with Crippen LogP contribution >= 0.6 is 0 Å². The zero-order valence-electron chi connectivity index (χ0n) is 16.1. The lowest BCUT2D eigenvalue weighted by Crippen LogP contribution is -2.20. The van der Waals surface area contributed by atoms with E-state index < -0.39 is 18.1 Å². The number of halogens is 3. The van der Waals surface area contributed by atoms with E-state index in [2.05, 4.69) is 15.4 Å². The average Bonchev–Trinajstić information content (AvgIpc) is 3.32. The third-order valence-corrected chi connectivity index (χ3v) is 4.67. The smallest absolute Gasteiger partial charge is 0.264 e. The fourth-order valence-electron chi connectivity index (χ4n) is 3.31. The maximum Gasteiger partial charge on any atom is 0.264 e. The van der Waals surface area contributed by atoms with E-state index in [1.165, 1.54) is 35.2 Å². The summed E-state index contributed by atoms with van der Waals surface area (Å²) in [5.74, 6) is -0.526. The molecule has 0 aliphatic heterocycles. The fourth-order valence-corrected chi connectivity index (χ4v) is 3.31. The molecule has 9 heteroatoms. The number of furan rings is 1. The monoisotopic (exact) mass is 414 g/mol. The molecule has 0 saturated heterocycles. The maximum absolute atomic E-state index is 13.7. The second kappa shape index (κ2) is 7.66. The molecule has 6 nitrogen and oxygen atoms in total. The quantitative estimate of drug-likeness (QED) is 0.498. The number of pyridine rings is 1. The summed E-state index contributed by atoms with van der Waals surface area (Å²) in [7, 11) is 0. The van der Waals surface area contributed by atoms with Crippen LogP contribution in [0.3, 0.4) is 0 Å². The summed E-state index contributed by atoms with van der Waals surface area (Å²) in [6.07, 6.45) is -1.33. The molecular weight excluding hydrogens is 397 g/mol. The summed E-state index contributed by atoms with van der Waals surface area (Å²) in [6.45, 7) is 3.00. The topological polar surface area (TPSA) is 73.0 Å². The third kappa shape index (κ3) is 3.66. The van der Waals surface area contributed by atoms with E-state index in [1.54, 1.807) is 26.0 Å². The molecule has 0 spiro atoms. The Morgan fingerprint density at radius 1 is 1.23 bits per heavy atom. The molecule has 1 amide bonds. The Balaban J connectivity index is 1.72. The van der Waals surface area contributed by atoms with Crippen molar-refractivity contribution in [2.24, 2.45) is 0 Å². The molecule has 0 unspecified atom stereocenters. The SMILES string of the molecule is Cc1cc(F)ccc1NC(=O)Cn1nc(C)c2c(C(F)F)cc(-c3ccco3)nc21. The lowest BCUT2D eigenvalue weighted by Gasteiger charge is -2.10. The Bertz CT molecular complexity index is 1230. The number of nitrogens with one attached hydrogen (secondary N) is 1. The van der Waals surface area contributed by atoms with Crippen LogP contribution < -0.4 is 5.32 Å². The molecule has 0 saturated carbocycles. The van der Waals surface area contributed by atoms with Crippen LogP contribution in [0.4, 0.5) is 18.9 Å². The van der Waals surface area contributed by atoms with E-state index in [0.717, 1.165) is 0 Å². The molecule has 154 valence electrons. The van der Waals surface area contributed by atoms with Gasteiger partial charge in [0.25, 0.3) is 6.43 Å². The van der Waals surface area contributed by atoms with Crippen LogP contribution in [0.5, 0.6) is 0 Å². The zero-order valence-corrected chi connectivity index (χ0v) is 16.1. The molecule has 3 aromatic heterocycles. The number of nitrogens with zero attached hydrogens (tertiary/aromatic N) is 3. The molecule has 0 aliphatic carbocycles. The van der Waals surface area contributed by atoms with Crippen LogP contribution in [-0.2, 0) is 11.3 Å². The number of hydrogen-bond donors (Lipinski definition) is 1. The standard InChI is InChI=1S/C21H17F3N4O2/c1-11-8-13(22)5-6-15(11)25-18(29)10-28-21-19(12(2)27-28)14(20(23)24)9-16(26-21)17-4-3-7-30-17/h3-9,20H,10H2,1-2H3,(H,25,29). The Morgan fingerprint density at radius 3 is 2.70 bits per heavy atom. The van der Waals surface area contributed by atoms with Gasteiger partial charge in [-0.15, -0.1) is 0 Å². The number of rotatable bonds is 5. The van der Waals surface area contributed by atoms with Gasteiger partial charge in [0.1, 0.15) is 18.1 Å². The molecule has 0 aliphatic rings. The first-order valence-corrected chi connectivity index (χ1v) is 9.09. The molecule has 0 bridgehead atoms. The Hall–Kier alpha value is -3.62. The second-order valence-electron chi connectivity index (χ2n) is 6.82. The van der Waals surface area contributed by atoms with Gasteiger partial charge in [-0.05, 0) is 55.8 Å². The fraction of sp³-hybridized carbons (Fsp3) is 0.190. The predicted octanol–water partition coefficient (Wildman–Crippen LogP) is 5.02. The van der Waals surface area contributed by atoms with Gasteiger partial charge in [-0.3, -0.25) is 4.79 Å². The number of amides is 1. The van der Waals surface area contributed by atoms with Gasteiger partial charge in [-0.25, -0.2) is 22.8 Å². The maximum atomic E-state index is 13.7. The van der Waals surface area contributed by atoms with Gasteiger partial charge in [-0.1, -0.05) is 0 Å². The molecule has 0 fully saturated rings. The van der Waals surface area contributed by atoms with Crippen molar-refractivity contribution in [3.05, 3.63) is 65.3 Å². The van der Waals surface area contributed by atoms with Gasteiger partial charge in [0, 0.05) is 11.3 Å². The summed E-state index contributed by atoms with van der Waals surface area (Å²) < 4.78 is 47.3. The van der Waals surface area contributed by atoms with E-state index in [4.69, 9.17) is 4.42 Å². The van der Waals surface area contributed by atoms with E-state index in [9.17, 15) is 18.0 Å². The molecule has 0 radical (unpaired) electrons. The van der Waals surface area contributed by atoms with E-state index in [-0.39, 0.29) is 28.8 Å². The van der Waals surface area contributed by atoms with Crippen molar-refractivity contribution < 1.29 is 22.4 Å². The van der Waals surface area contributed by atoms with Crippen molar-refractivity contribution in [3.63, 3.8) is 0 Å². The summed E-state index contributed by atoms with van der Waals surface area (Å²) in [5.41, 5.74) is 1.49. The van der Waals surface area contributed by atoms with Gasteiger partial charge >= 0.3 is 0 Å². The van der Waals surface area contributed by atoms with Gasteiger partial charge in [-0.2, -0.15) is 5.10 Å². The number of benzene rings is 1. The predicted molar refractivity (Wildman–Crippen MR) is 105 cm³/mol. The first-order chi connectivity index (χ1) is 14.3. The number of anilines is 1. The van der Waals surface area contributed by atoms with Crippen molar-refractivity contribution >= 4 is 22.6 Å². The number of fused-ring (bicyclic) bond motifs is 1. The van der Waals surface area contributed by atoms with Crippen molar-refractivity contribution in [1.29, 1.82) is 0 Å². The van der Waals surface area contributed by atoms with Crippen molar-refractivity contribution in [2.75, 3.05) is 5.32 Å².